The lowest BCUT2D eigenvalue weighted by atomic mass is 10.1. The molecule has 0 saturated carbocycles. The summed E-state index contributed by atoms with van der Waals surface area (Å²) in [4.78, 5) is 10.4. The van der Waals surface area contributed by atoms with Gasteiger partial charge in [0, 0.05) is 6.61 Å². The molecule has 1 N–H and O–H groups in total. The van der Waals surface area contributed by atoms with Crippen molar-refractivity contribution in [3.8, 4) is 0 Å². The molecule has 19 heavy (non-hydrogen) atoms. The summed E-state index contributed by atoms with van der Waals surface area (Å²) in [7, 11) is 0. The van der Waals surface area contributed by atoms with Gasteiger partial charge in [-0.05, 0) is 12.8 Å². The van der Waals surface area contributed by atoms with E-state index in [9.17, 15) is 18.0 Å². The summed E-state index contributed by atoms with van der Waals surface area (Å²) < 4.78 is 39.4. The quantitative estimate of drug-likeness (QED) is 0.466. The van der Waals surface area contributed by atoms with Gasteiger partial charge in [0.25, 0.3) is 0 Å². The van der Waals surface area contributed by atoms with Crippen LogP contribution in [-0.4, -0.2) is 30.5 Å². The lowest BCUT2D eigenvalue weighted by molar-refractivity contribution is -0.199. The van der Waals surface area contributed by atoms with Crippen molar-refractivity contribution in [3.05, 3.63) is 0 Å². The third kappa shape index (κ3) is 12.0. The van der Waals surface area contributed by atoms with Gasteiger partial charge >= 0.3 is 12.1 Å². The summed E-state index contributed by atoms with van der Waals surface area (Å²) in [6.07, 6.45) is 3.62. The summed E-state index contributed by atoms with van der Waals surface area (Å²) in [6, 6.07) is 0. The Morgan fingerprint density at radius 1 is 0.842 bits per heavy atom. The highest BCUT2D eigenvalue weighted by Crippen LogP contribution is 2.17. The van der Waals surface area contributed by atoms with Crippen molar-refractivity contribution in [1.29, 1.82) is 0 Å². The Morgan fingerprint density at radius 2 is 1.26 bits per heavy atom. The predicted octanol–water partition coefficient (Wildman–Crippen LogP) is 3.60. The Balaban J connectivity index is 3.17. The van der Waals surface area contributed by atoms with Crippen molar-refractivity contribution in [2.24, 2.45) is 0 Å². The third-order valence-electron chi connectivity index (χ3n) is 2.77. The van der Waals surface area contributed by atoms with E-state index in [2.05, 4.69) is 4.74 Å². The van der Waals surface area contributed by atoms with Gasteiger partial charge in [-0.1, -0.05) is 44.9 Å². The number of aliphatic hydroxyl groups is 1. The minimum absolute atomic E-state index is 0.158. The maximum Gasteiger partial charge on any atom is 0.490 e. The van der Waals surface area contributed by atoms with E-state index in [0.717, 1.165) is 51.4 Å². The Labute approximate surface area is 112 Å². The van der Waals surface area contributed by atoms with Gasteiger partial charge < -0.3 is 9.84 Å². The van der Waals surface area contributed by atoms with Crippen LogP contribution in [0.25, 0.3) is 0 Å². The van der Waals surface area contributed by atoms with Crippen molar-refractivity contribution in [2.45, 2.75) is 64.0 Å². The van der Waals surface area contributed by atoms with E-state index in [1.165, 1.54) is 0 Å². The molecular formula is C13H23F3O3. The number of aliphatic hydroxyl groups excluding tert-OH is 1. The first-order valence-electron chi connectivity index (χ1n) is 6.83. The first-order valence-corrected chi connectivity index (χ1v) is 6.83. The van der Waals surface area contributed by atoms with Crippen molar-refractivity contribution >= 4 is 5.97 Å². The van der Waals surface area contributed by atoms with E-state index in [0.29, 0.717) is 6.42 Å². The van der Waals surface area contributed by atoms with Gasteiger partial charge in [0.1, 0.15) is 0 Å². The third-order valence-corrected chi connectivity index (χ3v) is 2.77. The van der Waals surface area contributed by atoms with E-state index >= 15 is 0 Å². The molecule has 0 aliphatic heterocycles. The van der Waals surface area contributed by atoms with Crippen molar-refractivity contribution in [3.63, 3.8) is 0 Å². The van der Waals surface area contributed by atoms with E-state index in [1.807, 2.05) is 0 Å². The fourth-order valence-electron chi connectivity index (χ4n) is 1.70. The monoisotopic (exact) mass is 284 g/mol. The average Bonchev–Trinajstić information content (AvgIpc) is 2.34. The fraction of sp³-hybridized carbons (Fsp3) is 0.923. The molecule has 0 saturated heterocycles. The zero-order valence-corrected chi connectivity index (χ0v) is 11.2. The molecular weight excluding hydrogens is 261 g/mol. The molecule has 0 rings (SSSR count). The molecule has 0 atom stereocenters. The number of rotatable bonds is 11. The van der Waals surface area contributed by atoms with Gasteiger partial charge in [0.05, 0.1) is 6.61 Å². The largest absolute Gasteiger partial charge is 0.490 e. The highest BCUT2D eigenvalue weighted by Gasteiger charge is 2.40. The molecule has 0 unspecified atom stereocenters. The zero-order valence-electron chi connectivity index (χ0n) is 11.2. The number of esters is 1. The highest BCUT2D eigenvalue weighted by atomic mass is 19.4. The average molecular weight is 284 g/mol. The molecule has 114 valence electrons. The minimum atomic E-state index is -4.88. The van der Waals surface area contributed by atoms with Gasteiger partial charge in [-0.15, -0.1) is 0 Å². The van der Waals surface area contributed by atoms with E-state index in [1.54, 1.807) is 0 Å². The van der Waals surface area contributed by atoms with Crippen LogP contribution in [-0.2, 0) is 9.53 Å². The Morgan fingerprint density at radius 3 is 1.68 bits per heavy atom. The smallest absolute Gasteiger partial charge is 0.459 e. The van der Waals surface area contributed by atoms with Crippen LogP contribution < -0.4 is 0 Å². The molecule has 0 fully saturated rings. The first-order chi connectivity index (χ1) is 8.98. The molecule has 0 amide bonds. The minimum Gasteiger partial charge on any atom is -0.459 e. The van der Waals surface area contributed by atoms with Crippen LogP contribution in [0.2, 0.25) is 0 Å². The molecule has 0 radical (unpaired) electrons. The molecule has 0 heterocycles. The Hall–Kier alpha value is -0.780. The van der Waals surface area contributed by atoms with E-state index in [-0.39, 0.29) is 13.2 Å². The highest BCUT2D eigenvalue weighted by molar-refractivity contribution is 5.75. The number of hydrogen-bond donors (Lipinski definition) is 1. The normalized spacial score (nSPS) is 11.6. The lowest BCUT2D eigenvalue weighted by Gasteiger charge is -2.06. The number of carbonyl (C=O) groups excluding carboxylic acids is 1. The molecule has 0 aromatic heterocycles. The van der Waals surface area contributed by atoms with Crippen LogP contribution in [0.3, 0.4) is 0 Å². The van der Waals surface area contributed by atoms with Crippen LogP contribution in [0.5, 0.6) is 0 Å². The summed E-state index contributed by atoms with van der Waals surface area (Å²) >= 11 is 0. The molecule has 0 aromatic carbocycles. The zero-order chi connectivity index (χ0) is 14.6. The summed E-state index contributed by atoms with van der Waals surface area (Å²) in [6.45, 7) is 0.0888. The topological polar surface area (TPSA) is 46.5 Å². The molecule has 0 bridgehead atoms. The number of unbranched alkanes of at least 4 members (excludes halogenated alkanes) is 8. The van der Waals surface area contributed by atoms with Gasteiger partial charge in [-0.25, -0.2) is 4.79 Å². The maximum absolute atomic E-state index is 11.8. The molecule has 3 nitrogen and oxygen atoms in total. The summed E-state index contributed by atoms with van der Waals surface area (Å²) in [5.41, 5.74) is 0. The van der Waals surface area contributed by atoms with Crippen LogP contribution in [0.1, 0.15) is 57.8 Å². The van der Waals surface area contributed by atoms with Crippen LogP contribution in [0, 0.1) is 0 Å². The first kappa shape index (κ1) is 18.2. The Kier molecular flexibility index (Phi) is 10.6. The lowest BCUT2D eigenvalue weighted by Crippen LogP contribution is -2.25. The van der Waals surface area contributed by atoms with Gasteiger partial charge in [0.2, 0.25) is 0 Å². The molecule has 0 aromatic rings. The van der Waals surface area contributed by atoms with Crippen LogP contribution in [0.4, 0.5) is 13.2 Å². The van der Waals surface area contributed by atoms with Crippen molar-refractivity contribution < 1.29 is 27.8 Å². The van der Waals surface area contributed by atoms with Crippen molar-refractivity contribution in [1.82, 2.24) is 0 Å². The van der Waals surface area contributed by atoms with Crippen molar-refractivity contribution in [2.75, 3.05) is 13.2 Å². The molecule has 6 heteroatoms. The number of ether oxygens (including phenoxy) is 1. The number of hydrogen-bond acceptors (Lipinski definition) is 3. The Bertz CT molecular complexity index is 230. The van der Waals surface area contributed by atoms with Gasteiger partial charge in [0.15, 0.2) is 0 Å². The van der Waals surface area contributed by atoms with E-state index in [4.69, 9.17) is 5.11 Å². The number of carbonyl (C=O) groups is 1. The standard InChI is InChI=1S/C13H23F3O3/c14-13(15,16)12(18)19-11-9-7-5-3-1-2-4-6-8-10-17/h17H,1-11H2. The SMILES string of the molecule is O=C(OCCCCCCCCCCCO)C(F)(F)F. The number of alkyl halides is 3. The second kappa shape index (κ2) is 11.1. The molecule has 0 aliphatic carbocycles. The predicted molar refractivity (Wildman–Crippen MR) is 65.7 cm³/mol. The van der Waals surface area contributed by atoms with Gasteiger partial charge in [-0.2, -0.15) is 13.2 Å². The maximum atomic E-state index is 11.8. The molecule has 0 spiro atoms. The second-order valence-corrected chi connectivity index (χ2v) is 4.54. The summed E-state index contributed by atoms with van der Waals surface area (Å²) in [5, 5.41) is 8.57. The number of halogens is 3. The summed E-state index contributed by atoms with van der Waals surface area (Å²) in [5.74, 6) is -2.10. The van der Waals surface area contributed by atoms with Gasteiger partial charge in [-0.3, -0.25) is 0 Å². The molecule has 0 aliphatic rings. The van der Waals surface area contributed by atoms with E-state index < -0.39 is 12.1 Å². The van der Waals surface area contributed by atoms with Crippen LogP contribution >= 0.6 is 0 Å². The second-order valence-electron chi connectivity index (χ2n) is 4.54. The van der Waals surface area contributed by atoms with Crippen LogP contribution in [0.15, 0.2) is 0 Å². The fourth-order valence-corrected chi connectivity index (χ4v) is 1.70.